The monoisotopic (exact) mass is 436 g/mol. The van der Waals surface area contributed by atoms with Crippen LogP contribution in [0.2, 0.25) is 0 Å². The third-order valence-electron chi connectivity index (χ3n) is 6.57. The van der Waals surface area contributed by atoms with E-state index in [0.717, 1.165) is 23.2 Å². The molecule has 168 valence electrons. The number of anilines is 1. The van der Waals surface area contributed by atoms with E-state index in [1.807, 2.05) is 23.1 Å². The molecular formula is C23H28N6O3. The van der Waals surface area contributed by atoms with Gasteiger partial charge >= 0.3 is 0 Å². The van der Waals surface area contributed by atoms with Crippen LogP contribution in [0.4, 0.5) is 5.69 Å². The first-order chi connectivity index (χ1) is 15.5. The highest BCUT2D eigenvalue weighted by molar-refractivity contribution is 6.00. The molecule has 0 saturated carbocycles. The highest BCUT2D eigenvalue weighted by Crippen LogP contribution is 2.44. The number of methoxy groups -OCH3 is 1. The molecule has 9 nitrogen and oxygen atoms in total. The Morgan fingerprint density at radius 3 is 2.59 bits per heavy atom. The Hall–Kier alpha value is -3.46. The van der Waals surface area contributed by atoms with E-state index in [9.17, 15) is 9.59 Å². The van der Waals surface area contributed by atoms with Crippen molar-refractivity contribution in [2.24, 2.45) is 16.9 Å². The smallest absolute Gasteiger partial charge is 0.274 e. The molecule has 2 aliphatic rings. The molecule has 1 aromatic heterocycles. The van der Waals surface area contributed by atoms with E-state index in [2.05, 4.69) is 9.97 Å². The Bertz CT molecular complexity index is 1030. The third kappa shape index (κ3) is 3.80. The number of nitrogens with two attached hydrogens (primary N) is 2. The first-order valence-electron chi connectivity index (χ1n) is 10.7. The van der Waals surface area contributed by atoms with Gasteiger partial charge in [-0.25, -0.2) is 4.98 Å². The van der Waals surface area contributed by atoms with Crippen LogP contribution >= 0.6 is 0 Å². The molecule has 4 N–H and O–H groups in total. The fourth-order valence-electron chi connectivity index (χ4n) is 4.62. The van der Waals surface area contributed by atoms with Crippen LogP contribution in [0.3, 0.4) is 0 Å². The number of amides is 2. The lowest BCUT2D eigenvalue weighted by Crippen LogP contribution is -2.46. The van der Waals surface area contributed by atoms with Crippen molar-refractivity contribution in [1.82, 2.24) is 14.9 Å². The Kier molecular flexibility index (Phi) is 6.09. The second kappa shape index (κ2) is 8.96. The standard InChI is InChI=1S/C23H28N6O3/c1-32-20-12-17(2-3-18(20)16(13-24)14-25)29-11-6-23(22(29)31)4-9-28(10-5-23)21(30)19-15-26-7-8-27-19/h2-3,7-8,12-13,15H,4-6,9-11,14,24-25H2,1H3/b16-13+. The zero-order chi connectivity index (χ0) is 22.7. The van der Waals surface area contributed by atoms with Crippen LogP contribution < -0.4 is 21.1 Å². The van der Waals surface area contributed by atoms with E-state index in [0.29, 0.717) is 50.5 Å². The van der Waals surface area contributed by atoms with Crippen molar-refractivity contribution in [3.63, 3.8) is 0 Å². The van der Waals surface area contributed by atoms with Gasteiger partial charge in [-0.3, -0.25) is 14.6 Å². The van der Waals surface area contributed by atoms with Gasteiger partial charge in [-0.1, -0.05) is 0 Å². The van der Waals surface area contributed by atoms with Gasteiger partial charge in [-0.2, -0.15) is 0 Å². The van der Waals surface area contributed by atoms with Gasteiger partial charge < -0.3 is 26.0 Å². The van der Waals surface area contributed by atoms with Gasteiger partial charge in [0.15, 0.2) is 0 Å². The lowest BCUT2D eigenvalue weighted by Gasteiger charge is -2.37. The molecule has 2 amide bonds. The molecule has 3 heterocycles. The number of rotatable bonds is 5. The molecule has 2 fully saturated rings. The summed E-state index contributed by atoms with van der Waals surface area (Å²) in [6.07, 6.45) is 8.04. The SMILES string of the molecule is COc1cc(N2CCC3(CCN(C(=O)c4cnccn4)CC3)C2=O)ccc1/C(=C/N)CN. The van der Waals surface area contributed by atoms with Crippen LogP contribution in [0, 0.1) is 5.41 Å². The Morgan fingerprint density at radius 1 is 1.22 bits per heavy atom. The van der Waals surface area contributed by atoms with Gasteiger partial charge in [0.05, 0.1) is 18.7 Å². The topological polar surface area (TPSA) is 128 Å². The van der Waals surface area contributed by atoms with E-state index >= 15 is 0 Å². The Balaban J connectivity index is 1.48. The predicted octanol–water partition coefficient (Wildman–Crippen LogP) is 1.40. The maximum atomic E-state index is 13.5. The summed E-state index contributed by atoms with van der Waals surface area (Å²) < 4.78 is 5.54. The van der Waals surface area contributed by atoms with Crippen molar-refractivity contribution in [3.05, 3.63) is 54.2 Å². The molecule has 1 spiro atoms. The molecule has 2 aromatic rings. The normalized spacial score (nSPS) is 18.3. The molecule has 32 heavy (non-hydrogen) atoms. The summed E-state index contributed by atoms with van der Waals surface area (Å²) in [5, 5.41) is 0. The molecule has 2 saturated heterocycles. The van der Waals surface area contributed by atoms with Crippen molar-refractivity contribution in [1.29, 1.82) is 0 Å². The summed E-state index contributed by atoms with van der Waals surface area (Å²) >= 11 is 0. The van der Waals surface area contributed by atoms with Crippen molar-refractivity contribution in [3.8, 4) is 5.75 Å². The molecular weight excluding hydrogens is 408 g/mol. The fourth-order valence-corrected chi connectivity index (χ4v) is 4.62. The minimum atomic E-state index is -0.440. The molecule has 0 atom stereocenters. The van der Waals surface area contributed by atoms with Crippen molar-refractivity contribution in [2.45, 2.75) is 19.3 Å². The lowest BCUT2D eigenvalue weighted by atomic mass is 9.77. The van der Waals surface area contributed by atoms with Crippen LogP contribution in [-0.4, -0.2) is 60.0 Å². The molecule has 0 aliphatic carbocycles. The number of piperidine rings is 1. The number of aromatic nitrogens is 2. The van der Waals surface area contributed by atoms with E-state index in [1.54, 1.807) is 18.2 Å². The van der Waals surface area contributed by atoms with Gasteiger partial charge in [0, 0.05) is 55.9 Å². The van der Waals surface area contributed by atoms with Crippen molar-refractivity contribution < 1.29 is 14.3 Å². The highest BCUT2D eigenvalue weighted by Gasteiger charge is 2.49. The molecule has 0 unspecified atom stereocenters. The van der Waals surface area contributed by atoms with Crippen LogP contribution in [0.15, 0.2) is 43.0 Å². The van der Waals surface area contributed by atoms with Crippen LogP contribution in [0.25, 0.3) is 5.57 Å². The van der Waals surface area contributed by atoms with E-state index in [-0.39, 0.29) is 11.8 Å². The largest absolute Gasteiger partial charge is 0.496 e. The van der Waals surface area contributed by atoms with Gasteiger partial charge in [0.1, 0.15) is 11.4 Å². The van der Waals surface area contributed by atoms with Crippen LogP contribution in [-0.2, 0) is 4.79 Å². The van der Waals surface area contributed by atoms with Gasteiger partial charge in [0.25, 0.3) is 5.91 Å². The average Bonchev–Trinajstić information content (AvgIpc) is 3.16. The molecule has 4 rings (SSSR count). The second-order valence-electron chi connectivity index (χ2n) is 8.15. The van der Waals surface area contributed by atoms with E-state index in [4.69, 9.17) is 16.2 Å². The number of nitrogens with zero attached hydrogens (tertiary/aromatic N) is 4. The zero-order valence-electron chi connectivity index (χ0n) is 18.2. The van der Waals surface area contributed by atoms with Crippen LogP contribution in [0.1, 0.15) is 35.3 Å². The minimum Gasteiger partial charge on any atom is -0.496 e. The Labute approximate surface area is 187 Å². The maximum absolute atomic E-state index is 13.5. The summed E-state index contributed by atoms with van der Waals surface area (Å²) in [7, 11) is 1.59. The number of carbonyl (C=O) groups is 2. The molecule has 0 radical (unpaired) electrons. The number of ether oxygens (including phenoxy) is 1. The van der Waals surface area contributed by atoms with Gasteiger partial charge in [0.2, 0.25) is 5.91 Å². The number of hydrogen-bond acceptors (Lipinski definition) is 7. The summed E-state index contributed by atoms with van der Waals surface area (Å²) in [4.78, 5) is 37.8. The van der Waals surface area contributed by atoms with E-state index in [1.165, 1.54) is 18.6 Å². The summed E-state index contributed by atoms with van der Waals surface area (Å²) in [5.41, 5.74) is 13.7. The Morgan fingerprint density at radius 2 is 1.97 bits per heavy atom. The van der Waals surface area contributed by atoms with Gasteiger partial charge in [-0.05, 0) is 43.2 Å². The third-order valence-corrected chi connectivity index (χ3v) is 6.57. The number of benzene rings is 1. The second-order valence-corrected chi connectivity index (χ2v) is 8.15. The van der Waals surface area contributed by atoms with Crippen LogP contribution in [0.5, 0.6) is 5.75 Å². The maximum Gasteiger partial charge on any atom is 0.274 e. The quantitative estimate of drug-likeness (QED) is 0.725. The number of hydrogen-bond donors (Lipinski definition) is 2. The molecule has 9 heteroatoms. The average molecular weight is 437 g/mol. The highest BCUT2D eigenvalue weighted by atomic mass is 16.5. The molecule has 0 bridgehead atoms. The summed E-state index contributed by atoms with van der Waals surface area (Å²) in [5.74, 6) is 0.592. The first kappa shape index (κ1) is 21.8. The summed E-state index contributed by atoms with van der Waals surface area (Å²) in [6, 6.07) is 5.65. The molecule has 2 aliphatic heterocycles. The summed E-state index contributed by atoms with van der Waals surface area (Å²) in [6.45, 7) is 1.98. The first-order valence-corrected chi connectivity index (χ1v) is 10.7. The van der Waals surface area contributed by atoms with E-state index < -0.39 is 5.41 Å². The minimum absolute atomic E-state index is 0.104. The fraction of sp³-hybridized carbons (Fsp3) is 0.391. The number of likely N-dealkylation sites (tertiary alicyclic amines) is 1. The van der Waals surface area contributed by atoms with Gasteiger partial charge in [-0.15, -0.1) is 0 Å². The number of carbonyl (C=O) groups excluding carboxylic acids is 2. The zero-order valence-corrected chi connectivity index (χ0v) is 18.2. The predicted molar refractivity (Wildman–Crippen MR) is 121 cm³/mol. The van der Waals surface area contributed by atoms with Crippen molar-refractivity contribution in [2.75, 3.05) is 38.2 Å². The molecule has 1 aromatic carbocycles. The lowest BCUT2D eigenvalue weighted by molar-refractivity contribution is -0.127. The van der Waals surface area contributed by atoms with Crippen molar-refractivity contribution >= 4 is 23.1 Å².